The Kier molecular flexibility index (Phi) is 4.05. The van der Waals surface area contributed by atoms with Crippen LogP contribution in [0, 0.1) is 17.1 Å². The number of rotatable bonds is 3. The Bertz CT molecular complexity index is 738. The number of nitrogens with zero attached hydrogens (tertiary/aromatic N) is 1. The first-order valence-corrected chi connectivity index (χ1v) is 5.99. The first-order chi connectivity index (χ1) is 10.0. The minimum absolute atomic E-state index is 0.0335. The lowest BCUT2D eigenvalue weighted by Gasteiger charge is -2.11. The fourth-order valence-corrected chi connectivity index (χ4v) is 1.81. The van der Waals surface area contributed by atoms with E-state index in [-0.39, 0.29) is 16.8 Å². The fraction of sp³-hybridized carbons (Fsp3) is 0.0667. The molecule has 0 aliphatic carbocycles. The van der Waals surface area contributed by atoms with Crippen molar-refractivity contribution in [3.8, 4) is 11.8 Å². The van der Waals surface area contributed by atoms with Crippen LogP contribution in [0.25, 0.3) is 0 Å². The first-order valence-electron chi connectivity index (χ1n) is 5.99. The Morgan fingerprint density at radius 1 is 1.33 bits per heavy atom. The number of halogens is 1. The highest BCUT2D eigenvalue weighted by Crippen LogP contribution is 2.23. The minimum Gasteiger partial charge on any atom is -0.496 e. The smallest absolute Gasteiger partial charge is 0.259 e. The van der Waals surface area contributed by atoms with E-state index in [2.05, 4.69) is 5.32 Å². The molecular formula is C15H12FN3O2. The first kappa shape index (κ1) is 14.3. The summed E-state index contributed by atoms with van der Waals surface area (Å²) in [7, 11) is 1.43. The largest absolute Gasteiger partial charge is 0.496 e. The number of methoxy groups -OCH3 is 1. The molecule has 0 aliphatic rings. The van der Waals surface area contributed by atoms with Gasteiger partial charge in [0.1, 0.15) is 17.6 Å². The van der Waals surface area contributed by atoms with Crippen molar-refractivity contribution in [2.75, 3.05) is 18.2 Å². The van der Waals surface area contributed by atoms with E-state index in [1.165, 1.54) is 19.2 Å². The lowest BCUT2D eigenvalue weighted by molar-refractivity contribution is 0.102. The molecule has 3 N–H and O–H groups in total. The van der Waals surface area contributed by atoms with Crippen molar-refractivity contribution in [3.63, 3.8) is 0 Å². The molecule has 0 heterocycles. The van der Waals surface area contributed by atoms with Gasteiger partial charge >= 0.3 is 0 Å². The minimum atomic E-state index is -0.550. The van der Waals surface area contributed by atoms with Crippen LogP contribution in [0.5, 0.6) is 5.75 Å². The lowest BCUT2D eigenvalue weighted by Crippen LogP contribution is -2.14. The number of nitrogens with one attached hydrogen (secondary N) is 1. The van der Waals surface area contributed by atoms with Gasteiger partial charge in [0, 0.05) is 5.69 Å². The average Bonchev–Trinajstić information content (AvgIpc) is 2.48. The molecule has 0 aliphatic heterocycles. The zero-order chi connectivity index (χ0) is 15.4. The second-order valence-electron chi connectivity index (χ2n) is 4.22. The Hall–Kier alpha value is -3.07. The molecule has 0 radical (unpaired) electrons. The van der Waals surface area contributed by atoms with Crippen molar-refractivity contribution in [3.05, 3.63) is 53.3 Å². The Morgan fingerprint density at radius 3 is 2.76 bits per heavy atom. The highest BCUT2D eigenvalue weighted by atomic mass is 19.1. The predicted octanol–water partition coefficient (Wildman–Crippen LogP) is 2.54. The summed E-state index contributed by atoms with van der Waals surface area (Å²) in [6.07, 6.45) is 0. The zero-order valence-electron chi connectivity index (χ0n) is 11.2. The van der Waals surface area contributed by atoms with Crippen LogP contribution in [0.3, 0.4) is 0 Å². The summed E-state index contributed by atoms with van der Waals surface area (Å²) < 4.78 is 18.2. The number of carbonyl (C=O) groups excluding carboxylic acids is 1. The van der Waals surface area contributed by atoms with Gasteiger partial charge in [0.05, 0.1) is 23.9 Å². The molecule has 1 amide bonds. The van der Waals surface area contributed by atoms with Crippen LogP contribution >= 0.6 is 0 Å². The van der Waals surface area contributed by atoms with Crippen molar-refractivity contribution >= 4 is 17.3 Å². The van der Waals surface area contributed by atoms with E-state index < -0.39 is 11.7 Å². The van der Waals surface area contributed by atoms with Gasteiger partial charge in [-0.05, 0) is 36.4 Å². The third-order valence-electron chi connectivity index (χ3n) is 2.82. The maximum atomic E-state index is 13.1. The molecule has 6 heteroatoms. The van der Waals surface area contributed by atoms with E-state index in [9.17, 15) is 9.18 Å². The molecular weight excluding hydrogens is 273 g/mol. The summed E-state index contributed by atoms with van der Waals surface area (Å²) in [5.74, 6) is -0.698. The molecule has 21 heavy (non-hydrogen) atoms. The van der Waals surface area contributed by atoms with Crippen LogP contribution in [-0.2, 0) is 0 Å². The number of benzene rings is 2. The molecule has 0 atom stereocenters. The molecule has 0 saturated carbocycles. The third-order valence-corrected chi connectivity index (χ3v) is 2.82. The summed E-state index contributed by atoms with van der Waals surface area (Å²) in [6, 6.07) is 9.99. The van der Waals surface area contributed by atoms with E-state index in [4.69, 9.17) is 15.7 Å². The normalized spacial score (nSPS) is 9.76. The monoisotopic (exact) mass is 285 g/mol. The summed E-state index contributed by atoms with van der Waals surface area (Å²) in [4.78, 5) is 12.2. The Morgan fingerprint density at radius 2 is 2.10 bits per heavy atom. The standard InChI is InChI=1S/C15H12FN3O2/c1-21-14-5-3-11(18)7-12(14)15(20)19-13-4-2-10(16)6-9(13)8-17/h2-7H,18H2,1H3,(H,19,20). The van der Waals surface area contributed by atoms with Gasteiger partial charge in [-0.1, -0.05) is 0 Å². The number of nitrogen functional groups attached to an aromatic ring is 1. The number of anilines is 2. The maximum Gasteiger partial charge on any atom is 0.259 e. The van der Waals surface area contributed by atoms with Crippen molar-refractivity contribution in [2.45, 2.75) is 0 Å². The van der Waals surface area contributed by atoms with Gasteiger partial charge in [-0.2, -0.15) is 5.26 Å². The van der Waals surface area contributed by atoms with Gasteiger partial charge in [-0.3, -0.25) is 4.79 Å². The molecule has 106 valence electrons. The van der Waals surface area contributed by atoms with Crippen molar-refractivity contribution in [1.82, 2.24) is 0 Å². The molecule has 5 nitrogen and oxygen atoms in total. The van der Waals surface area contributed by atoms with Gasteiger partial charge in [0.15, 0.2) is 0 Å². The van der Waals surface area contributed by atoms with Crippen LogP contribution in [0.15, 0.2) is 36.4 Å². The van der Waals surface area contributed by atoms with Gasteiger partial charge in [-0.25, -0.2) is 4.39 Å². The van der Waals surface area contributed by atoms with E-state index in [0.717, 1.165) is 12.1 Å². The second kappa shape index (κ2) is 5.92. The molecule has 0 unspecified atom stereocenters. The Balaban J connectivity index is 2.35. The van der Waals surface area contributed by atoms with Crippen molar-refractivity contribution in [1.29, 1.82) is 5.26 Å². The number of carbonyl (C=O) groups is 1. The molecule has 2 rings (SSSR count). The van der Waals surface area contributed by atoms with Crippen LogP contribution in [-0.4, -0.2) is 13.0 Å². The number of nitriles is 1. The third kappa shape index (κ3) is 3.09. The highest BCUT2D eigenvalue weighted by Gasteiger charge is 2.15. The summed E-state index contributed by atoms with van der Waals surface area (Å²) in [5, 5.41) is 11.5. The van der Waals surface area contributed by atoms with Gasteiger partial charge in [0.25, 0.3) is 5.91 Å². The summed E-state index contributed by atoms with van der Waals surface area (Å²) >= 11 is 0. The van der Waals surface area contributed by atoms with Gasteiger partial charge in [-0.15, -0.1) is 0 Å². The van der Waals surface area contributed by atoms with Crippen LogP contribution in [0.4, 0.5) is 15.8 Å². The predicted molar refractivity (Wildman–Crippen MR) is 76.5 cm³/mol. The number of hydrogen-bond donors (Lipinski definition) is 2. The quantitative estimate of drug-likeness (QED) is 0.848. The highest BCUT2D eigenvalue weighted by molar-refractivity contribution is 6.07. The maximum absolute atomic E-state index is 13.1. The van der Waals surface area contributed by atoms with Crippen LogP contribution in [0.2, 0.25) is 0 Å². The fourth-order valence-electron chi connectivity index (χ4n) is 1.81. The van der Waals surface area contributed by atoms with Gasteiger partial charge in [0.2, 0.25) is 0 Å². The molecule has 0 saturated heterocycles. The lowest BCUT2D eigenvalue weighted by atomic mass is 10.1. The number of ether oxygens (including phenoxy) is 1. The van der Waals surface area contributed by atoms with E-state index in [1.54, 1.807) is 12.1 Å². The van der Waals surface area contributed by atoms with Gasteiger partial charge < -0.3 is 15.8 Å². The topological polar surface area (TPSA) is 88.1 Å². The zero-order valence-corrected chi connectivity index (χ0v) is 11.2. The molecule has 0 bridgehead atoms. The molecule has 0 fully saturated rings. The molecule has 0 spiro atoms. The van der Waals surface area contributed by atoms with Crippen LogP contribution < -0.4 is 15.8 Å². The van der Waals surface area contributed by atoms with E-state index in [1.807, 2.05) is 6.07 Å². The average molecular weight is 285 g/mol. The van der Waals surface area contributed by atoms with Crippen molar-refractivity contribution < 1.29 is 13.9 Å². The SMILES string of the molecule is COc1ccc(N)cc1C(=O)Nc1ccc(F)cc1C#N. The van der Waals surface area contributed by atoms with E-state index in [0.29, 0.717) is 11.4 Å². The number of nitrogens with two attached hydrogens (primary N) is 1. The van der Waals surface area contributed by atoms with E-state index >= 15 is 0 Å². The molecule has 0 aromatic heterocycles. The number of amides is 1. The molecule has 2 aromatic rings. The van der Waals surface area contributed by atoms with Crippen LogP contribution in [0.1, 0.15) is 15.9 Å². The molecule has 2 aromatic carbocycles. The second-order valence-corrected chi connectivity index (χ2v) is 4.22. The summed E-state index contributed by atoms with van der Waals surface area (Å²) in [5.41, 5.74) is 6.53. The Labute approximate surface area is 120 Å². The number of hydrogen-bond acceptors (Lipinski definition) is 4. The van der Waals surface area contributed by atoms with Crippen molar-refractivity contribution in [2.24, 2.45) is 0 Å². The summed E-state index contributed by atoms with van der Waals surface area (Å²) in [6.45, 7) is 0.